The van der Waals surface area contributed by atoms with Crippen LogP contribution in [0.5, 0.6) is 5.75 Å². The molecule has 1 N–H and O–H groups in total. The molecule has 0 amide bonds. The first-order valence-corrected chi connectivity index (χ1v) is 4.35. The molecule has 0 saturated heterocycles. The molecule has 0 aliphatic carbocycles. The molecule has 0 fully saturated rings. The minimum Gasteiger partial charge on any atom is -0.495 e. The average molecular weight is 238 g/mol. The number of rotatable bonds is 5. The van der Waals surface area contributed by atoms with Gasteiger partial charge < -0.3 is 10.1 Å². The minimum atomic E-state index is -4.07. The van der Waals surface area contributed by atoms with Crippen LogP contribution in [0.3, 0.4) is 0 Å². The fourth-order valence-electron chi connectivity index (χ4n) is 0.891. The summed E-state index contributed by atoms with van der Waals surface area (Å²) >= 11 is 0. The van der Waals surface area contributed by atoms with E-state index in [-0.39, 0.29) is 5.82 Å². The lowest BCUT2D eigenvalue weighted by Crippen LogP contribution is -2.34. The topological polar surface area (TPSA) is 34.1 Å². The Labute approximate surface area is 89.4 Å². The van der Waals surface area contributed by atoms with Gasteiger partial charge in [-0.05, 0) is 12.1 Å². The molecule has 0 saturated carbocycles. The van der Waals surface area contributed by atoms with E-state index < -0.39 is 18.9 Å². The molecule has 90 valence electrons. The molecule has 0 aromatic carbocycles. The molecule has 0 spiro atoms. The van der Waals surface area contributed by atoms with E-state index >= 15 is 0 Å². The van der Waals surface area contributed by atoms with Crippen molar-refractivity contribution < 1.29 is 22.3 Å². The maximum absolute atomic E-state index is 12.5. The Morgan fingerprint density at radius 1 is 1.44 bits per heavy atom. The molecule has 0 atom stereocenters. The van der Waals surface area contributed by atoms with Crippen molar-refractivity contribution in [3.63, 3.8) is 0 Å². The summed E-state index contributed by atoms with van der Waals surface area (Å²) in [7, 11) is 1.43. The summed E-state index contributed by atoms with van der Waals surface area (Å²) in [5.41, 5.74) is 0. The zero-order valence-corrected chi connectivity index (χ0v) is 8.38. The van der Waals surface area contributed by atoms with Crippen LogP contribution in [0.2, 0.25) is 0 Å². The van der Waals surface area contributed by atoms with Gasteiger partial charge in [-0.3, -0.25) is 0 Å². The van der Waals surface area contributed by atoms with Gasteiger partial charge in [0.05, 0.1) is 19.9 Å². The summed E-state index contributed by atoms with van der Waals surface area (Å²) < 4.78 is 53.4. The molecule has 0 bridgehead atoms. The fourth-order valence-corrected chi connectivity index (χ4v) is 0.891. The number of methoxy groups -OCH3 is 1. The SMILES string of the molecule is COc1ccc(NCC(F)(F)C(F)F)nc1. The predicted octanol–water partition coefficient (Wildman–Crippen LogP) is 2.40. The number of hydrogen-bond acceptors (Lipinski definition) is 3. The van der Waals surface area contributed by atoms with E-state index in [1.54, 1.807) is 0 Å². The van der Waals surface area contributed by atoms with Gasteiger partial charge in [-0.2, -0.15) is 8.78 Å². The third-order valence-corrected chi connectivity index (χ3v) is 1.80. The Balaban J connectivity index is 2.54. The van der Waals surface area contributed by atoms with Gasteiger partial charge in [0.2, 0.25) is 0 Å². The van der Waals surface area contributed by atoms with E-state index in [0.717, 1.165) is 0 Å². The van der Waals surface area contributed by atoms with Crippen molar-refractivity contribution >= 4 is 5.82 Å². The van der Waals surface area contributed by atoms with Crippen molar-refractivity contribution in [2.24, 2.45) is 0 Å². The summed E-state index contributed by atoms with van der Waals surface area (Å²) in [6.45, 7) is -1.16. The standard InChI is InChI=1S/C9H10F4N2O/c1-16-6-2-3-7(14-4-6)15-5-9(12,13)8(10)11/h2-4,8H,5H2,1H3,(H,14,15). The Hall–Kier alpha value is -1.53. The highest BCUT2D eigenvalue weighted by Gasteiger charge is 2.40. The smallest absolute Gasteiger partial charge is 0.324 e. The molecule has 3 nitrogen and oxygen atoms in total. The predicted molar refractivity (Wildman–Crippen MR) is 50.2 cm³/mol. The maximum Gasteiger partial charge on any atom is 0.324 e. The molecule has 7 heteroatoms. The summed E-state index contributed by atoms with van der Waals surface area (Å²) in [6.07, 6.45) is -2.40. The van der Waals surface area contributed by atoms with Crippen LogP contribution < -0.4 is 10.1 Å². The zero-order chi connectivity index (χ0) is 12.2. The van der Waals surface area contributed by atoms with Crippen LogP contribution in [-0.4, -0.2) is 31.0 Å². The van der Waals surface area contributed by atoms with Crippen LogP contribution in [0.1, 0.15) is 0 Å². The number of aromatic nitrogens is 1. The molecule has 0 aliphatic rings. The Morgan fingerprint density at radius 3 is 2.56 bits per heavy atom. The van der Waals surface area contributed by atoms with Gasteiger partial charge in [0.25, 0.3) is 0 Å². The van der Waals surface area contributed by atoms with Gasteiger partial charge in [0.15, 0.2) is 0 Å². The molecular formula is C9H10F4N2O. The van der Waals surface area contributed by atoms with Crippen molar-refractivity contribution in [1.29, 1.82) is 0 Å². The van der Waals surface area contributed by atoms with Crippen LogP contribution in [0.15, 0.2) is 18.3 Å². The van der Waals surface area contributed by atoms with Crippen LogP contribution in [0.4, 0.5) is 23.4 Å². The van der Waals surface area contributed by atoms with Crippen molar-refractivity contribution in [2.75, 3.05) is 19.0 Å². The Morgan fingerprint density at radius 2 is 2.12 bits per heavy atom. The van der Waals surface area contributed by atoms with Crippen molar-refractivity contribution in [2.45, 2.75) is 12.3 Å². The molecule has 1 heterocycles. The highest BCUT2D eigenvalue weighted by Crippen LogP contribution is 2.23. The molecular weight excluding hydrogens is 228 g/mol. The van der Waals surface area contributed by atoms with Crippen molar-refractivity contribution in [1.82, 2.24) is 4.98 Å². The van der Waals surface area contributed by atoms with Crippen LogP contribution >= 0.6 is 0 Å². The van der Waals surface area contributed by atoms with Gasteiger partial charge in [-0.25, -0.2) is 13.8 Å². The van der Waals surface area contributed by atoms with Gasteiger partial charge in [-0.1, -0.05) is 0 Å². The number of halogens is 4. The number of alkyl halides is 4. The lowest BCUT2D eigenvalue weighted by molar-refractivity contribution is -0.117. The molecule has 1 rings (SSSR count). The fraction of sp³-hybridized carbons (Fsp3) is 0.444. The van der Waals surface area contributed by atoms with Crippen LogP contribution in [0.25, 0.3) is 0 Å². The lowest BCUT2D eigenvalue weighted by Gasteiger charge is -2.16. The zero-order valence-electron chi connectivity index (χ0n) is 8.38. The number of nitrogens with one attached hydrogen (secondary N) is 1. The number of pyridine rings is 1. The molecule has 0 radical (unpaired) electrons. The van der Waals surface area contributed by atoms with E-state index in [4.69, 9.17) is 4.74 Å². The van der Waals surface area contributed by atoms with Gasteiger partial charge >= 0.3 is 12.3 Å². The van der Waals surface area contributed by atoms with Crippen molar-refractivity contribution in [3.8, 4) is 5.75 Å². The molecule has 16 heavy (non-hydrogen) atoms. The summed E-state index contributed by atoms with van der Waals surface area (Å²) in [5.74, 6) is -3.53. The summed E-state index contributed by atoms with van der Waals surface area (Å²) in [5, 5.41) is 2.12. The van der Waals surface area contributed by atoms with Crippen LogP contribution in [-0.2, 0) is 0 Å². The number of nitrogens with zero attached hydrogens (tertiary/aromatic N) is 1. The molecule has 0 aliphatic heterocycles. The number of hydrogen-bond donors (Lipinski definition) is 1. The Bertz CT molecular complexity index is 329. The number of ether oxygens (including phenoxy) is 1. The summed E-state index contributed by atoms with van der Waals surface area (Å²) in [6, 6.07) is 2.84. The second-order valence-corrected chi connectivity index (χ2v) is 3.00. The molecule has 1 aromatic rings. The first kappa shape index (κ1) is 12.5. The molecule has 0 unspecified atom stereocenters. The van der Waals surface area contributed by atoms with E-state index in [1.807, 2.05) is 0 Å². The quantitative estimate of drug-likeness (QED) is 0.800. The first-order chi connectivity index (χ1) is 7.45. The number of anilines is 1. The molecule has 1 aromatic heterocycles. The maximum atomic E-state index is 12.5. The third kappa shape index (κ3) is 3.25. The average Bonchev–Trinajstić information content (AvgIpc) is 2.27. The van der Waals surface area contributed by atoms with Crippen LogP contribution in [0, 0.1) is 0 Å². The summed E-state index contributed by atoms with van der Waals surface area (Å²) in [4.78, 5) is 3.70. The Kier molecular flexibility index (Phi) is 3.92. The highest BCUT2D eigenvalue weighted by molar-refractivity contribution is 5.37. The minimum absolute atomic E-state index is 0.0844. The van der Waals surface area contributed by atoms with Gasteiger partial charge in [0.1, 0.15) is 11.6 Å². The normalized spacial score (nSPS) is 11.6. The second kappa shape index (κ2) is 5.00. The largest absolute Gasteiger partial charge is 0.495 e. The van der Waals surface area contributed by atoms with Gasteiger partial charge in [0, 0.05) is 0 Å². The first-order valence-electron chi connectivity index (χ1n) is 4.35. The van der Waals surface area contributed by atoms with E-state index in [9.17, 15) is 17.6 Å². The van der Waals surface area contributed by atoms with E-state index in [1.165, 1.54) is 25.4 Å². The van der Waals surface area contributed by atoms with Crippen molar-refractivity contribution in [3.05, 3.63) is 18.3 Å². The third-order valence-electron chi connectivity index (χ3n) is 1.80. The second-order valence-electron chi connectivity index (χ2n) is 3.00. The lowest BCUT2D eigenvalue weighted by atomic mass is 10.3. The monoisotopic (exact) mass is 238 g/mol. The van der Waals surface area contributed by atoms with Gasteiger partial charge in [-0.15, -0.1) is 0 Å². The highest BCUT2D eigenvalue weighted by atomic mass is 19.3. The van der Waals surface area contributed by atoms with E-state index in [0.29, 0.717) is 5.75 Å². The van der Waals surface area contributed by atoms with E-state index in [2.05, 4.69) is 10.3 Å².